The van der Waals surface area contributed by atoms with Crippen molar-refractivity contribution < 1.29 is 172 Å². The van der Waals surface area contributed by atoms with Gasteiger partial charge in [0.2, 0.25) is 5.91 Å². The van der Waals surface area contributed by atoms with Crippen molar-refractivity contribution in [1.29, 1.82) is 0 Å². The van der Waals surface area contributed by atoms with Gasteiger partial charge in [0, 0.05) is 25.1 Å². The Bertz CT molecular complexity index is 6170. The van der Waals surface area contributed by atoms with Gasteiger partial charge in [-0.05, 0) is 261 Å². The van der Waals surface area contributed by atoms with Crippen molar-refractivity contribution in [2.24, 2.45) is 79.3 Å². The monoisotopic (exact) mass is 2120 g/mol. The number of hydroxylamine groups is 1. The number of halogens is 4. The maximum Gasteiger partial charge on any atom is 0.313 e. The molecule has 7 fully saturated rings. The lowest BCUT2D eigenvalue weighted by molar-refractivity contribution is -0.153. The lowest BCUT2D eigenvalue weighted by atomic mass is 9.93. The van der Waals surface area contributed by atoms with Gasteiger partial charge in [-0.25, -0.2) is 5.48 Å². The number of phenols is 6. The lowest BCUT2D eigenvalue weighted by Gasteiger charge is -2.17. The number of carboxylic acids is 6. The molecular formula is C106H112BCl4N2O35. The second-order valence-electron chi connectivity index (χ2n) is 36.8. The van der Waals surface area contributed by atoms with Gasteiger partial charge in [-0.15, -0.1) is 0 Å². The quantitative estimate of drug-likeness (QED) is 0.00577. The Morgan fingerprint density at radius 2 is 0.601 bits per heavy atom. The Balaban J connectivity index is 0.000000194. The van der Waals surface area contributed by atoms with Gasteiger partial charge in [0.15, 0.2) is 5.75 Å². The third kappa shape index (κ3) is 27.9. The van der Waals surface area contributed by atoms with Crippen molar-refractivity contribution in [3.8, 4) is 40.2 Å². The predicted molar refractivity (Wildman–Crippen MR) is 530 cm³/mol. The fourth-order valence-corrected chi connectivity index (χ4v) is 19.5. The average Bonchev–Trinajstić information content (AvgIpc) is 1.22. The molecule has 148 heavy (non-hydrogen) atoms. The van der Waals surface area contributed by atoms with Gasteiger partial charge in [0.05, 0.1) is 153 Å². The Hall–Kier alpha value is -14.5. The van der Waals surface area contributed by atoms with E-state index in [0.29, 0.717) is 86.3 Å². The van der Waals surface area contributed by atoms with Crippen LogP contribution in [-0.2, 0) is 152 Å². The second kappa shape index (κ2) is 49.8. The van der Waals surface area contributed by atoms with Crippen molar-refractivity contribution in [2.75, 3.05) is 47.8 Å². The summed E-state index contributed by atoms with van der Waals surface area (Å²) < 4.78 is 40.3. The molecule has 1 amide bonds. The molecule has 37 nitrogen and oxygen atoms in total. The minimum absolute atomic E-state index is 0. The maximum atomic E-state index is 12.6. The number of carbonyl (C=O) groups is 14. The Kier molecular flexibility index (Phi) is 39.4. The number of aryl methyl sites for hydroxylation is 1. The third-order valence-corrected chi connectivity index (χ3v) is 28.2. The summed E-state index contributed by atoms with van der Waals surface area (Å²) in [7, 11) is 3.79. The molecule has 0 saturated heterocycles. The van der Waals surface area contributed by atoms with Crippen LogP contribution in [0.1, 0.15) is 123 Å². The molecule has 787 valence electrons. The first-order valence-electron chi connectivity index (χ1n) is 46.3. The molecule has 7 aliphatic rings. The van der Waals surface area contributed by atoms with Gasteiger partial charge >= 0.3 is 77.6 Å². The number of aromatic hydroxyl groups is 6. The van der Waals surface area contributed by atoms with Gasteiger partial charge < -0.3 is 99.2 Å². The molecule has 0 aliphatic heterocycles. The van der Waals surface area contributed by atoms with Crippen molar-refractivity contribution in [2.45, 2.75) is 131 Å². The Morgan fingerprint density at radius 3 is 0.885 bits per heavy atom. The summed E-state index contributed by atoms with van der Waals surface area (Å²) in [5.74, 6) is -14.0. The zero-order valence-corrected chi connectivity index (χ0v) is 84.6. The van der Waals surface area contributed by atoms with Crippen LogP contribution in [0.3, 0.4) is 0 Å². The summed E-state index contributed by atoms with van der Waals surface area (Å²) >= 11 is 24.0. The summed E-state index contributed by atoms with van der Waals surface area (Å²) in [5.41, 5.74) is 2.88. The van der Waals surface area contributed by atoms with Crippen LogP contribution < -0.4 is 10.2 Å². The van der Waals surface area contributed by atoms with E-state index in [1.807, 2.05) is 43.3 Å². The molecule has 42 heteroatoms. The van der Waals surface area contributed by atoms with Crippen LogP contribution in [0.25, 0.3) is 10.9 Å². The summed E-state index contributed by atoms with van der Waals surface area (Å²) in [5, 5.41) is 121. The molecule has 0 bridgehead atoms. The normalized spacial score (nSPS) is 23.4. The molecule has 14 N–H and O–H groups in total. The number of nitrogens with one attached hydrogen (secondary N) is 1. The molecule has 16 rings (SSSR count). The van der Waals surface area contributed by atoms with Gasteiger partial charge in [0.25, 0.3) is 0 Å². The fraction of sp³-hybridized carbons (Fsp3) is 0.387. The average molecular weight is 2130 g/mol. The number of para-hydroxylation sites is 1. The highest BCUT2D eigenvalue weighted by Gasteiger charge is 2.70. The molecule has 14 atom stereocenters. The number of phenolic OH excluding ortho intramolecular Hbond substituents is 6. The number of rotatable bonds is 35. The number of carboxylic acid groups (broad SMARTS) is 6. The SMILES string of the molecule is CCOC(=O)[C@@]1(Cc2cc(Cl)c(O)c(Cl)c2)CC1C(=O)O.CCOC(=O)[C@@]1(Cc2ccc(O)c(Cl)c2)CC1C(=O)O.CCOC(=O)[C@@]1(Cc2ccc(O)cc2)CC1C(=O)O.CCOC(=O)[C@@]1(Cc2ccc(OCc3cc(C)nc4ccccc34)c(Cl)c2)CC1C(=O)NO.COC(=O)[C@@]1(Cc2ccc(O)cc2)CC1C(=O)O.COC(=O)[C@@]1(Cc2ccc(O)cc2)CC1C(=O)O.COC(=O)[C@@]1(Cc2ccc(O)cc2)CC1C(=O)O.[B]. The highest BCUT2D eigenvalue weighted by atomic mass is 35.5. The largest absolute Gasteiger partial charge is 0.508 e. The second-order valence-corrected chi connectivity index (χ2v) is 38.5. The van der Waals surface area contributed by atoms with Crippen molar-refractivity contribution >= 4 is 149 Å². The first kappa shape index (κ1) is 117. The number of amides is 1. The van der Waals surface area contributed by atoms with E-state index in [-0.39, 0.29) is 117 Å². The van der Waals surface area contributed by atoms with E-state index >= 15 is 0 Å². The molecule has 8 aromatic carbocycles. The van der Waals surface area contributed by atoms with E-state index < -0.39 is 163 Å². The summed E-state index contributed by atoms with van der Waals surface area (Å²) in [6.45, 7) is 9.88. The number of aromatic nitrogens is 1. The molecule has 7 aliphatic carbocycles. The molecular weight excluding hydrogens is 2010 g/mol. The predicted octanol–water partition coefficient (Wildman–Crippen LogP) is 14.3. The molecule has 7 saturated carbocycles. The summed E-state index contributed by atoms with van der Waals surface area (Å²) in [6.07, 6.45) is 3.94. The molecule has 3 radical (unpaired) electrons. The number of esters is 7. The summed E-state index contributed by atoms with van der Waals surface area (Å²) in [6, 6.07) is 48.3. The van der Waals surface area contributed by atoms with Crippen LogP contribution >= 0.6 is 46.4 Å². The number of aliphatic carboxylic acids is 6. The van der Waals surface area contributed by atoms with E-state index in [0.717, 1.165) is 50.0 Å². The van der Waals surface area contributed by atoms with Gasteiger partial charge in [0.1, 0.15) is 41.1 Å². The maximum absolute atomic E-state index is 12.6. The lowest BCUT2D eigenvalue weighted by Crippen LogP contribution is -2.30. The van der Waals surface area contributed by atoms with Crippen LogP contribution in [0.5, 0.6) is 40.2 Å². The van der Waals surface area contributed by atoms with Crippen molar-refractivity contribution in [3.05, 3.63) is 246 Å². The van der Waals surface area contributed by atoms with Gasteiger partial charge in [-0.2, -0.15) is 0 Å². The number of ether oxygens (including phenoxy) is 8. The number of hydrogen-bond acceptors (Lipinski definition) is 30. The Morgan fingerprint density at radius 1 is 0.338 bits per heavy atom. The molecule has 1 heterocycles. The number of pyridine rings is 1. The number of methoxy groups -OCH3 is 3. The first-order valence-corrected chi connectivity index (χ1v) is 47.9. The summed E-state index contributed by atoms with van der Waals surface area (Å²) in [4.78, 5) is 167. The van der Waals surface area contributed by atoms with Crippen molar-refractivity contribution in [3.63, 3.8) is 0 Å². The van der Waals surface area contributed by atoms with E-state index in [2.05, 4.69) is 4.98 Å². The van der Waals surface area contributed by atoms with Crippen LogP contribution in [0, 0.1) is 86.3 Å². The molecule has 9 aromatic rings. The molecule has 0 spiro atoms. The number of carbonyl (C=O) groups excluding carboxylic acids is 8. The van der Waals surface area contributed by atoms with E-state index in [4.69, 9.17) is 120 Å². The van der Waals surface area contributed by atoms with E-state index in [1.54, 1.807) is 99.9 Å². The molecule has 7 unspecified atom stereocenters. The third-order valence-electron chi connectivity index (χ3n) is 27.0. The number of benzene rings is 8. The fourth-order valence-electron chi connectivity index (χ4n) is 18.5. The van der Waals surface area contributed by atoms with Crippen LogP contribution in [0.2, 0.25) is 20.1 Å². The van der Waals surface area contributed by atoms with Gasteiger partial charge in [-0.3, -0.25) is 77.3 Å². The van der Waals surface area contributed by atoms with Crippen LogP contribution in [0.15, 0.2) is 176 Å². The highest BCUT2D eigenvalue weighted by molar-refractivity contribution is 6.37. The zero-order chi connectivity index (χ0) is 108. The minimum atomic E-state index is -1.08. The number of hydrogen-bond donors (Lipinski definition) is 14. The topological polar surface area (TPSA) is 601 Å². The smallest absolute Gasteiger partial charge is 0.313 e. The van der Waals surface area contributed by atoms with Gasteiger partial charge in [-0.1, -0.05) is 125 Å². The zero-order valence-electron chi connectivity index (χ0n) is 81.6. The standard InChI is InChI=1S/C25H25ClN2O5.C14H14Cl2O5.C14H15ClO5.C14H16O5.3C13H14O5.B/c1-3-32-24(30)25(13-19(25)23(29)28-31)12-16-8-9-22(20(26)11-16)33-14-17-10-15(2)27-21-7-5-4-6-18(17)21;1-2-21-13(20)14(6-8(14)12(18)19)5-7-3-9(15)11(17)10(16)4-7;1-2-20-13(19)14(7-9(14)12(17)18)6-8-3-4-11(16)10(15)5-8;1-2-19-13(18)14(8-11(14)12(16)17)7-9-3-5-10(15)6-4-9;3*1-18-12(17)13(7-10(13)11(15)16)6-8-2-4-9(14)5-3-8;/h4-11,19,31H,3,12-14H2,1-2H3,(H,28,29);3-4,8,17H,2,5-6H2,1H3,(H,18,19);3-5,9,16H,2,6-7H2,1H3,(H,17,18);3-6,11,15H,2,7-8H2,1H3,(H,16,17);3*2-5,10,14H,6-7H2,1H3,(H,15,16);/t19?,25-;8?,14-;9?,14-;11?,14-;3*10?,13-;/m0000000./s1. The highest BCUT2D eigenvalue weighted by Crippen LogP contribution is 2.62. The van der Waals surface area contributed by atoms with E-state index in [1.165, 1.54) is 94.1 Å². The molecule has 1 aromatic heterocycles. The van der Waals surface area contributed by atoms with Crippen LogP contribution in [0.4, 0.5) is 0 Å². The Labute approximate surface area is 870 Å². The van der Waals surface area contributed by atoms with Crippen molar-refractivity contribution in [1.82, 2.24) is 10.5 Å². The number of fused-ring (bicyclic) bond motifs is 1. The number of nitrogens with zero attached hydrogens (tertiary/aromatic N) is 1. The van der Waals surface area contributed by atoms with Crippen LogP contribution in [-0.4, -0.2) is 211 Å². The minimum Gasteiger partial charge on any atom is -0.508 e. The van der Waals surface area contributed by atoms with E-state index in [9.17, 15) is 97.8 Å². The first-order chi connectivity index (χ1) is 69.6.